The Balaban J connectivity index is 1.76. The number of halogens is 1. The van der Waals surface area contributed by atoms with Crippen molar-refractivity contribution in [2.45, 2.75) is 38.3 Å². The highest BCUT2D eigenvalue weighted by Crippen LogP contribution is 2.43. The fourth-order valence-electron chi connectivity index (χ4n) is 5.02. The third kappa shape index (κ3) is 3.23. The summed E-state index contributed by atoms with van der Waals surface area (Å²) >= 11 is 0. The highest BCUT2D eigenvalue weighted by molar-refractivity contribution is 6.31. The van der Waals surface area contributed by atoms with E-state index < -0.39 is 0 Å². The van der Waals surface area contributed by atoms with Crippen LogP contribution in [0.3, 0.4) is 0 Å². The largest absolute Gasteiger partial charge is 0.386 e. The summed E-state index contributed by atoms with van der Waals surface area (Å²) in [4.78, 5) is 23.9. The topological polar surface area (TPSA) is 108 Å². The molecule has 0 amide bonds. The van der Waals surface area contributed by atoms with E-state index in [1.54, 1.807) is 26.4 Å². The molecule has 3 atom stereocenters. The van der Waals surface area contributed by atoms with Crippen molar-refractivity contribution >= 4 is 51.3 Å². The van der Waals surface area contributed by atoms with Gasteiger partial charge in [0.05, 0.1) is 22.3 Å². The van der Waals surface area contributed by atoms with Crippen LogP contribution in [0.25, 0.3) is 21.9 Å². The first-order valence-electron chi connectivity index (χ1n) is 10.7. The average molecular weight is 423 g/mol. The Morgan fingerprint density at radius 3 is 2.87 bits per heavy atom. The van der Waals surface area contributed by atoms with Crippen LogP contribution in [0.5, 0.6) is 0 Å². The molecule has 1 saturated carbocycles. The molecule has 1 aliphatic carbocycles. The minimum absolute atomic E-state index is 0.236. The lowest BCUT2D eigenvalue weighted by Gasteiger charge is -2.31. The van der Waals surface area contributed by atoms with Crippen molar-refractivity contribution in [1.82, 2.24) is 15.0 Å². The van der Waals surface area contributed by atoms with Crippen LogP contribution in [0.15, 0.2) is 22.1 Å². The summed E-state index contributed by atoms with van der Waals surface area (Å²) < 4.78 is 14.4. The first-order chi connectivity index (χ1) is 15.0. The van der Waals surface area contributed by atoms with Gasteiger partial charge in [0.2, 0.25) is 0 Å². The van der Waals surface area contributed by atoms with E-state index in [0.717, 1.165) is 53.6 Å². The van der Waals surface area contributed by atoms with Crippen molar-refractivity contribution in [2.75, 3.05) is 30.9 Å². The van der Waals surface area contributed by atoms with Crippen LogP contribution in [-0.4, -0.2) is 59.6 Å². The Kier molecular flexibility index (Phi) is 4.85. The summed E-state index contributed by atoms with van der Waals surface area (Å²) in [6.45, 7) is 2.87. The molecule has 2 aliphatic rings. The molecule has 1 saturated heterocycles. The molecular formula is C22H27FN8. The van der Waals surface area contributed by atoms with E-state index in [9.17, 15) is 4.39 Å². The second-order valence-corrected chi connectivity index (χ2v) is 8.37. The van der Waals surface area contributed by atoms with E-state index in [4.69, 9.17) is 10.7 Å². The molecule has 31 heavy (non-hydrogen) atoms. The van der Waals surface area contributed by atoms with Crippen LogP contribution in [-0.2, 0) is 0 Å². The average Bonchev–Trinajstić information content (AvgIpc) is 3.44. The number of fused-ring (bicyclic) bond motifs is 5. The smallest absolute Gasteiger partial charge is 0.253 e. The lowest BCUT2D eigenvalue weighted by molar-refractivity contribution is 0.471. The summed E-state index contributed by atoms with van der Waals surface area (Å²) in [5.74, 6) is 1.33. The number of nitrogens with two attached hydrogens (primary N) is 1. The van der Waals surface area contributed by atoms with Gasteiger partial charge in [0, 0.05) is 44.3 Å². The standard InChI is InChI=1S/C22H27FN8/c1-4-13(9-25-2)27-22-29-20-18(15-6-12(23)7-17(26-3)19(15)28-20)21(30-22)31-10-11-5-14(31)8-16(11)24/h6-7,9,11,14,16,26H,4-5,8,10,24H2,1-3H3,(H,28,29,30). The molecule has 3 aromatic rings. The van der Waals surface area contributed by atoms with Crippen LogP contribution in [0.4, 0.5) is 21.8 Å². The molecular weight excluding hydrogens is 395 g/mol. The second-order valence-electron chi connectivity index (χ2n) is 8.37. The highest BCUT2D eigenvalue weighted by atomic mass is 19.1. The van der Waals surface area contributed by atoms with Gasteiger partial charge in [-0.15, -0.1) is 0 Å². The Morgan fingerprint density at radius 2 is 2.23 bits per heavy atom. The molecule has 9 heteroatoms. The molecule has 1 aliphatic heterocycles. The summed E-state index contributed by atoms with van der Waals surface area (Å²) in [7, 11) is 3.50. The number of rotatable bonds is 5. The van der Waals surface area contributed by atoms with Gasteiger partial charge in [0.15, 0.2) is 0 Å². The number of aromatic amines is 1. The van der Waals surface area contributed by atoms with Gasteiger partial charge in [0.1, 0.15) is 17.3 Å². The summed E-state index contributed by atoms with van der Waals surface area (Å²) in [5, 5.41) is 4.67. The molecule has 4 N–H and O–H groups in total. The van der Waals surface area contributed by atoms with Gasteiger partial charge in [-0.1, -0.05) is 6.92 Å². The van der Waals surface area contributed by atoms with E-state index in [-0.39, 0.29) is 11.9 Å². The number of aliphatic imine (C=N–C) groups is 2. The number of H-pyrrole nitrogens is 1. The Hall–Kier alpha value is -3.07. The van der Waals surface area contributed by atoms with Crippen molar-refractivity contribution in [2.24, 2.45) is 21.6 Å². The lowest BCUT2D eigenvalue weighted by atomic mass is 10.0. The number of hydrogen-bond donors (Lipinski definition) is 3. The SMILES string of the molecule is CCC(C=NC)=Nc1nc(N2CC3CC2CC3N)c2c(n1)[nH]c1c(NC)cc(F)cc12. The van der Waals surface area contributed by atoms with Crippen LogP contribution < -0.4 is 16.0 Å². The number of piperidine rings is 1. The minimum atomic E-state index is -0.303. The van der Waals surface area contributed by atoms with Crippen LogP contribution in [0, 0.1) is 11.7 Å². The van der Waals surface area contributed by atoms with E-state index in [1.807, 2.05) is 6.92 Å². The monoisotopic (exact) mass is 422 g/mol. The van der Waals surface area contributed by atoms with Gasteiger partial charge in [-0.3, -0.25) is 4.99 Å². The van der Waals surface area contributed by atoms with Crippen molar-refractivity contribution in [3.05, 3.63) is 17.9 Å². The zero-order valence-corrected chi connectivity index (χ0v) is 18.0. The number of aromatic nitrogens is 3. The Morgan fingerprint density at radius 1 is 1.39 bits per heavy atom. The van der Waals surface area contributed by atoms with E-state index in [1.165, 1.54) is 6.07 Å². The molecule has 5 rings (SSSR count). The number of benzene rings is 1. The molecule has 2 bridgehead atoms. The van der Waals surface area contributed by atoms with Gasteiger partial charge >= 0.3 is 0 Å². The number of hydrogen-bond acceptors (Lipinski definition) is 7. The maximum atomic E-state index is 14.4. The normalized spacial score (nSPS) is 23.7. The third-order valence-electron chi connectivity index (χ3n) is 6.52. The van der Waals surface area contributed by atoms with E-state index in [2.05, 4.69) is 30.2 Å². The van der Waals surface area contributed by atoms with E-state index >= 15 is 0 Å². The van der Waals surface area contributed by atoms with Gasteiger partial charge in [-0.05, 0) is 37.3 Å². The molecule has 2 fully saturated rings. The van der Waals surface area contributed by atoms with Gasteiger partial charge in [0.25, 0.3) is 5.95 Å². The Labute approximate surface area is 179 Å². The van der Waals surface area contributed by atoms with Gasteiger partial charge < -0.3 is 20.9 Å². The molecule has 3 unspecified atom stereocenters. The number of anilines is 2. The molecule has 1 aromatic carbocycles. The minimum Gasteiger partial charge on any atom is -0.386 e. The predicted octanol–water partition coefficient (Wildman–Crippen LogP) is 3.40. The van der Waals surface area contributed by atoms with Crippen molar-refractivity contribution in [3.63, 3.8) is 0 Å². The van der Waals surface area contributed by atoms with Gasteiger partial charge in [-0.25, -0.2) is 9.38 Å². The van der Waals surface area contributed by atoms with Crippen molar-refractivity contribution in [3.8, 4) is 0 Å². The zero-order valence-electron chi connectivity index (χ0n) is 18.0. The van der Waals surface area contributed by atoms with Crippen molar-refractivity contribution < 1.29 is 4.39 Å². The molecule has 3 heterocycles. The molecule has 2 aromatic heterocycles. The zero-order chi connectivity index (χ0) is 21.7. The van der Waals surface area contributed by atoms with Crippen LogP contribution in [0.1, 0.15) is 26.2 Å². The summed E-state index contributed by atoms with van der Waals surface area (Å²) in [6, 6.07) is 3.60. The second kappa shape index (κ2) is 7.56. The molecule has 162 valence electrons. The van der Waals surface area contributed by atoms with Crippen molar-refractivity contribution in [1.29, 1.82) is 0 Å². The third-order valence-corrected chi connectivity index (χ3v) is 6.52. The summed E-state index contributed by atoms with van der Waals surface area (Å²) in [6.07, 6.45) is 4.45. The molecule has 8 nitrogen and oxygen atoms in total. The fourth-order valence-corrected chi connectivity index (χ4v) is 5.02. The molecule has 0 spiro atoms. The fraction of sp³-hybridized carbons (Fsp3) is 0.455. The maximum absolute atomic E-state index is 14.4. The Bertz CT molecular complexity index is 1210. The quantitative estimate of drug-likeness (QED) is 0.546. The first kappa shape index (κ1) is 19.9. The molecule has 0 radical (unpaired) electrons. The number of nitrogens with zero attached hydrogens (tertiary/aromatic N) is 5. The van der Waals surface area contributed by atoms with Gasteiger partial charge in [-0.2, -0.15) is 9.97 Å². The van der Waals surface area contributed by atoms with E-state index in [0.29, 0.717) is 29.2 Å². The summed E-state index contributed by atoms with van der Waals surface area (Å²) in [5.41, 5.74) is 9.23. The lowest BCUT2D eigenvalue weighted by Crippen LogP contribution is -2.41. The highest BCUT2D eigenvalue weighted by Gasteiger charge is 2.44. The first-order valence-corrected chi connectivity index (χ1v) is 10.7. The van der Waals surface area contributed by atoms with Crippen LogP contribution in [0.2, 0.25) is 0 Å². The maximum Gasteiger partial charge on any atom is 0.253 e. The predicted molar refractivity (Wildman–Crippen MR) is 125 cm³/mol. The number of nitrogens with one attached hydrogen (secondary N) is 2. The van der Waals surface area contributed by atoms with Crippen LogP contribution >= 0.6 is 0 Å².